The second-order valence-corrected chi connectivity index (χ2v) is 8.78. The molecule has 0 radical (unpaired) electrons. The molecule has 0 aliphatic carbocycles. The van der Waals surface area contributed by atoms with E-state index in [0.717, 1.165) is 36.9 Å². The molecule has 0 atom stereocenters. The third-order valence-corrected chi connectivity index (χ3v) is 6.40. The Morgan fingerprint density at radius 3 is 2.91 bits per heavy atom. The molecular weight excluding hydrogens is 334 g/mol. The fourth-order valence-electron chi connectivity index (χ4n) is 2.36. The lowest BCUT2D eigenvalue weighted by atomic mass is 10.4. The third-order valence-electron chi connectivity index (χ3n) is 3.47. The zero-order valence-corrected chi connectivity index (χ0v) is 15.3. The zero-order chi connectivity index (χ0) is 16.7. The second kappa shape index (κ2) is 8.60. The Bertz CT molecular complexity index is 627. The van der Waals surface area contributed by atoms with Gasteiger partial charge in [-0.25, -0.2) is 17.7 Å². The number of hydrogen-bond donors (Lipinski definition) is 2. The van der Waals surface area contributed by atoms with Crippen LogP contribution in [-0.4, -0.2) is 62.1 Å². The molecule has 1 aromatic rings. The topological polar surface area (TPSA) is 86.7 Å². The summed E-state index contributed by atoms with van der Waals surface area (Å²) in [6, 6.07) is 0. The van der Waals surface area contributed by atoms with Crippen LogP contribution in [0.15, 0.2) is 11.2 Å². The van der Waals surface area contributed by atoms with E-state index in [9.17, 15) is 8.42 Å². The molecule has 0 unspecified atom stereocenters. The van der Waals surface area contributed by atoms with Crippen LogP contribution in [0.25, 0.3) is 0 Å². The van der Waals surface area contributed by atoms with Crippen LogP contribution >= 0.6 is 11.3 Å². The number of guanidine groups is 1. The molecule has 1 aromatic heterocycles. The first-order valence-corrected chi connectivity index (χ1v) is 10.3. The van der Waals surface area contributed by atoms with Gasteiger partial charge >= 0.3 is 0 Å². The minimum Gasteiger partial charge on any atom is -0.357 e. The van der Waals surface area contributed by atoms with Crippen molar-refractivity contribution in [2.45, 2.75) is 26.7 Å². The summed E-state index contributed by atoms with van der Waals surface area (Å²) >= 11 is 1.70. The van der Waals surface area contributed by atoms with E-state index < -0.39 is 10.0 Å². The molecule has 130 valence electrons. The number of hydrogen-bond acceptors (Lipinski definition) is 5. The molecule has 0 spiro atoms. The van der Waals surface area contributed by atoms with Gasteiger partial charge in [0.2, 0.25) is 10.0 Å². The molecule has 1 fully saturated rings. The van der Waals surface area contributed by atoms with Crippen molar-refractivity contribution < 1.29 is 8.42 Å². The molecule has 7 nitrogen and oxygen atoms in total. The van der Waals surface area contributed by atoms with E-state index in [1.807, 2.05) is 20.0 Å². The fourth-order valence-corrected chi connectivity index (χ4v) is 4.67. The smallest absolute Gasteiger partial charge is 0.214 e. The molecule has 9 heteroatoms. The van der Waals surface area contributed by atoms with Crippen molar-refractivity contribution >= 4 is 27.3 Å². The van der Waals surface area contributed by atoms with Crippen LogP contribution in [0, 0.1) is 6.92 Å². The molecule has 1 aliphatic heterocycles. The summed E-state index contributed by atoms with van der Waals surface area (Å²) in [6.45, 7) is 7.10. The van der Waals surface area contributed by atoms with Crippen molar-refractivity contribution in [1.82, 2.24) is 19.9 Å². The Kier molecular flexibility index (Phi) is 6.79. The first-order chi connectivity index (χ1) is 11.0. The number of aromatic nitrogens is 1. The van der Waals surface area contributed by atoms with E-state index in [-0.39, 0.29) is 5.75 Å². The lowest BCUT2D eigenvalue weighted by molar-refractivity contribution is 0.452. The van der Waals surface area contributed by atoms with Crippen LogP contribution in [0.1, 0.15) is 23.2 Å². The number of sulfonamides is 1. The van der Waals surface area contributed by atoms with Gasteiger partial charge in [0.15, 0.2) is 5.96 Å². The fraction of sp³-hybridized carbons (Fsp3) is 0.714. The van der Waals surface area contributed by atoms with Gasteiger partial charge in [0.05, 0.1) is 17.3 Å². The van der Waals surface area contributed by atoms with Gasteiger partial charge in [0, 0.05) is 43.7 Å². The van der Waals surface area contributed by atoms with Crippen LogP contribution in [0.4, 0.5) is 0 Å². The highest BCUT2D eigenvalue weighted by atomic mass is 32.2. The quantitative estimate of drug-likeness (QED) is 0.549. The number of rotatable bonds is 7. The first-order valence-electron chi connectivity index (χ1n) is 7.92. The van der Waals surface area contributed by atoms with Crippen molar-refractivity contribution in [3.63, 3.8) is 0 Å². The van der Waals surface area contributed by atoms with Crippen LogP contribution in [-0.2, 0) is 16.4 Å². The summed E-state index contributed by atoms with van der Waals surface area (Å²) < 4.78 is 25.0. The summed E-state index contributed by atoms with van der Waals surface area (Å²) in [4.78, 5) is 10.00. The lowest BCUT2D eigenvalue weighted by Crippen LogP contribution is -2.39. The van der Waals surface area contributed by atoms with Gasteiger partial charge in [-0.3, -0.25) is 4.99 Å². The summed E-state index contributed by atoms with van der Waals surface area (Å²) in [7, 11) is -3.03. The SMILES string of the molecule is CCNC(=NCCN1CCCS1(=O)=O)NCCc1ncc(C)s1. The summed E-state index contributed by atoms with van der Waals surface area (Å²) in [5.41, 5.74) is 0. The molecule has 0 amide bonds. The molecule has 0 bridgehead atoms. The van der Waals surface area contributed by atoms with E-state index in [1.54, 1.807) is 11.3 Å². The molecule has 2 N–H and O–H groups in total. The van der Waals surface area contributed by atoms with Crippen molar-refractivity contribution in [2.24, 2.45) is 4.99 Å². The predicted octanol–water partition coefficient (Wildman–Crippen LogP) is 0.585. The van der Waals surface area contributed by atoms with Crippen LogP contribution in [0.3, 0.4) is 0 Å². The standard InChI is InChI=1S/C14H25N5O2S2/c1-3-15-14(16-6-5-13-18-11-12(2)22-13)17-7-9-19-8-4-10-23(19,20)21/h11H,3-10H2,1-2H3,(H2,15,16,17). The van der Waals surface area contributed by atoms with E-state index in [1.165, 1.54) is 9.18 Å². The molecule has 0 aromatic carbocycles. The van der Waals surface area contributed by atoms with Gasteiger partial charge in [-0.05, 0) is 20.3 Å². The van der Waals surface area contributed by atoms with Crippen LogP contribution in [0.2, 0.25) is 0 Å². The molecule has 1 saturated heterocycles. The number of aliphatic imine (C=N–C) groups is 1. The second-order valence-electron chi connectivity index (χ2n) is 5.37. The monoisotopic (exact) mass is 359 g/mol. The normalized spacial score (nSPS) is 18.3. The van der Waals surface area contributed by atoms with Gasteiger partial charge < -0.3 is 10.6 Å². The van der Waals surface area contributed by atoms with Crippen molar-refractivity contribution in [2.75, 3.05) is 38.5 Å². The minimum atomic E-state index is -3.03. The maximum atomic E-state index is 11.7. The van der Waals surface area contributed by atoms with Crippen LogP contribution < -0.4 is 10.6 Å². The van der Waals surface area contributed by atoms with E-state index in [0.29, 0.717) is 19.6 Å². The molecule has 2 rings (SSSR count). The van der Waals surface area contributed by atoms with Gasteiger partial charge in [0.1, 0.15) is 0 Å². The van der Waals surface area contributed by atoms with Crippen LogP contribution in [0.5, 0.6) is 0 Å². The van der Waals surface area contributed by atoms with Crippen molar-refractivity contribution in [3.8, 4) is 0 Å². The Hall–Kier alpha value is -1.19. The molecular formula is C14H25N5O2S2. The summed E-state index contributed by atoms with van der Waals surface area (Å²) in [6.07, 6.45) is 3.46. The van der Waals surface area contributed by atoms with Crippen molar-refractivity contribution in [3.05, 3.63) is 16.1 Å². The summed E-state index contributed by atoms with van der Waals surface area (Å²) in [5, 5.41) is 7.54. The number of aryl methyl sites for hydroxylation is 1. The average Bonchev–Trinajstić information content (AvgIpc) is 3.05. The maximum absolute atomic E-state index is 11.7. The van der Waals surface area contributed by atoms with E-state index >= 15 is 0 Å². The van der Waals surface area contributed by atoms with E-state index in [2.05, 4.69) is 20.6 Å². The number of nitrogens with zero attached hydrogens (tertiary/aromatic N) is 3. The zero-order valence-electron chi connectivity index (χ0n) is 13.7. The number of thiazole rings is 1. The minimum absolute atomic E-state index is 0.266. The molecule has 0 saturated carbocycles. The highest BCUT2D eigenvalue weighted by Gasteiger charge is 2.27. The first kappa shape index (κ1) is 18.2. The summed E-state index contributed by atoms with van der Waals surface area (Å²) in [5.74, 6) is 0.986. The van der Waals surface area contributed by atoms with Gasteiger partial charge in [-0.1, -0.05) is 0 Å². The van der Waals surface area contributed by atoms with Gasteiger partial charge in [0.25, 0.3) is 0 Å². The average molecular weight is 360 g/mol. The third kappa shape index (κ3) is 5.74. The highest BCUT2D eigenvalue weighted by molar-refractivity contribution is 7.89. The molecule has 23 heavy (non-hydrogen) atoms. The predicted molar refractivity (Wildman–Crippen MR) is 94.5 cm³/mol. The largest absolute Gasteiger partial charge is 0.357 e. The van der Waals surface area contributed by atoms with E-state index in [4.69, 9.17) is 0 Å². The Labute approximate surface area is 142 Å². The highest BCUT2D eigenvalue weighted by Crippen LogP contribution is 2.12. The Morgan fingerprint density at radius 1 is 1.48 bits per heavy atom. The van der Waals surface area contributed by atoms with Crippen molar-refractivity contribution in [1.29, 1.82) is 0 Å². The van der Waals surface area contributed by atoms with Gasteiger partial charge in [-0.2, -0.15) is 0 Å². The Balaban J connectivity index is 1.77. The number of nitrogens with one attached hydrogen (secondary N) is 2. The maximum Gasteiger partial charge on any atom is 0.214 e. The molecule has 2 heterocycles. The van der Waals surface area contributed by atoms with Gasteiger partial charge in [-0.15, -0.1) is 11.3 Å². The lowest BCUT2D eigenvalue weighted by Gasteiger charge is -2.14. The molecule has 1 aliphatic rings. The Morgan fingerprint density at radius 2 is 2.30 bits per heavy atom.